The van der Waals surface area contributed by atoms with Gasteiger partial charge in [0.15, 0.2) is 0 Å². The van der Waals surface area contributed by atoms with Crippen LogP contribution >= 0.6 is 0 Å². The molecular formula is C6H9NO2. The van der Waals surface area contributed by atoms with E-state index in [1.54, 1.807) is 0 Å². The summed E-state index contributed by atoms with van der Waals surface area (Å²) in [6.45, 7) is 2.05. The molecule has 0 aromatic heterocycles. The number of aliphatic carboxylic acids is 1. The van der Waals surface area contributed by atoms with Gasteiger partial charge in [-0.2, -0.15) is 0 Å². The van der Waals surface area contributed by atoms with Crippen molar-refractivity contribution in [2.24, 2.45) is 5.92 Å². The number of hydrogen-bond donors (Lipinski definition) is 1. The molecule has 1 atom stereocenters. The number of carbonyl (C=O) groups is 1. The summed E-state index contributed by atoms with van der Waals surface area (Å²) in [5.74, 6) is 0.0566. The molecule has 3 heteroatoms. The molecular weight excluding hydrogens is 118 g/mol. The number of carboxylic acid groups (broad SMARTS) is 1. The maximum atomic E-state index is 10.4. The highest BCUT2D eigenvalue weighted by molar-refractivity contribution is 5.74. The van der Waals surface area contributed by atoms with Gasteiger partial charge in [-0.25, -0.2) is 0 Å². The lowest BCUT2D eigenvalue weighted by Crippen LogP contribution is -2.42. The third kappa shape index (κ3) is 0.580. The first-order valence-electron chi connectivity index (χ1n) is 3.24. The molecule has 0 aliphatic carbocycles. The average molecular weight is 127 g/mol. The van der Waals surface area contributed by atoms with E-state index in [-0.39, 0.29) is 6.04 Å². The van der Waals surface area contributed by atoms with Crippen molar-refractivity contribution in [3.8, 4) is 0 Å². The molecule has 3 heterocycles. The zero-order valence-corrected chi connectivity index (χ0v) is 5.08. The normalized spacial score (nSPS) is 46.4. The Morgan fingerprint density at radius 2 is 2.22 bits per heavy atom. The maximum Gasteiger partial charge on any atom is 0.320 e. The number of nitrogens with zero attached hydrogens (tertiary/aromatic N) is 1. The first kappa shape index (κ1) is 5.23. The fourth-order valence-corrected chi connectivity index (χ4v) is 1.74. The number of fused-ring (bicyclic) bond motifs is 1. The highest BCUT2D eigenvalue weighted by atomic mass is 16.4. The highest BCUT2D eigenvalue weighted by Crippen LogP contribution is 2.33. The van der Waals surface area contributed by atoms with E-state index >= 15 is 0 Å². The van der Waals surface area contributed by atoms with Crippen LogP contribution in [-0.4, -0.2) is 35.1 Å². The maximum absolute atomic E-state index is 10.4. The number of rotatable bonds is 1. The van der Waals surface area contributed by atoms with Crippen LogP contribution < -0.4 is 0 Å². The van der Waals surface area contributed by atoms with Crippen LogP contribution in [0.3, 0.4) is 0 Å². The standard InChI is InChI=1S/C6H9NO2/c8-6(9)5-1-4-2-7(5)3-4/h4-5H,1-3H2,(H,8,9). The minimum absolute atomic E-state index is 0.144. The van der Waals surface area contributed by atoms with Crippen molar-refractivity contribution in [2.45, 2.75) is 12.5 Å². The van der Waals surface area contributed by atoms with Gasteiger partial charge in [0.2, 0.25) is 0 Å². The van der Waals surface area contributed by atoms with Gasteiger partial charge in [0, 0.05) is 13.1 Å². The summed E-state index contributed by atoms with van der Waals surface area (Å²) in [4.78, 5) is 12.4. The Morgan fingerprint density at radius 1 is 1.56 bits per heavy atom. The van der Waals surface area contributed by atoms with Gasteiger partial charge in [-0.15, -0.1) is 0 Å². The monoisotopic (exact) mass is 127 g/mol. The molecule has 0 spiro atoms. The molecule has 0 aromatic carbocycles. The Hall–Kier alpha value is -0.570. The first-order valence-corrected chi connectivity index (χ1v) is 3.24. The third-order valence-corrected chi connectivity index (χ3v) is 2.27. The van der Waals surface area contributed by atoms with Gasteiger partial charge >= 0.3 is 5.97 Å². The molecule has 50 valence electrons. The van der Waals surface area contributed by atoms with E-state index in [2.05, 4.69) is 0 Å². The molecule has 3 nitrogen and oxygen atoms in total. The molecule has 2 bridgehead atoms. The van der Waals surface area contributed by atoms with Gasteiger partial charge in [-0.1, -0.05) is 0 Å². The van der Waals surface area contributed by atoms with Gasteiger partial charge in [-0.3, -0.25) is 9.69 Å². The molecule has 9 heavy (non-hydrogen) atoms. The molecule has 0 aromatic rings. The Balaban J connectivity index is 2.08. The Bertz CT molecular complexity index is 151. The van der Waals surface area contributed by atoms with Crippen molar-refractivity contribution in [3.63, 3.8) is 0 Å². The van der Waals surface area contributed by atoms with Crippen molar-refractivity contribution in [2.75, 3.05) is 13.1 Å². The predicted octanol–water partition coefficient (Wildman–Crippen LogP) is -0.225. The van der Waals surface area contributed by atoms with E-state index in [0.29, 0.717) is 5.92 Å². The Morgan fingerprint density at radius 3 is 2.44 bits per heavy atom. The zero-order chi connectivity index (χ0) is 6.43. The molecule has 1 unspecified atom stereocenters. The molecule has 3 rings (SSSR count). The smallest absolute Gasteiger partial charge is 0.320 e. The van der Waals surface area contributed by atoms with Crippen LogP contribution in [0.25, 0.3) is 0 Å². The lowest BCUT2D eigenvalue weighted by atomic mass is 10.1. The number of hydrogen-bond acceptors (Lipinski definition) is 2. The van der Waals surface area contributed by atoms with E-state index in [9.17, 15) is 4.79 Å². The van der Waals surface area contributed by atoms with Crippen molar-refractivity contribution in [1.82, 2.24) is 4.90 Å². The minimum Gasteiger partial charge on any atom is -0.480 e. The summed E-state index contributed by atoms with van der Waals surface area (Å²) in [6, 6.07) is -0.144. The Kier molecular flexibility index (Phi) is 0.858. The van der Waals surface area contributed by atoms with E-state index in [4.69, 9.17) is 5.11 Å². The summed E-state index contributed by atoms with van der Waals surface area (Å²) in [6.07, 6.45) is 0.884. The summed E-state index contributed by atoms with van der Waals surface area (Å²) < 4.78 is 0. The van der Waals surface area contributed by atoms with E-state index < -0.39 is 5.97 Å². The lowest BCUT2D eigenvalue weighted by Gasteiger charge is -2.28. The van der Waals surface area contributed by atoms with Gasteiger partial charge < -0.3 is 5.11 Å². The first-order chi connectivity index (χ1) is 4.27. The molecule has 3 saturated heterocycles. The average Bonchev–Trinajstić information content (AvgIpc) is 2.12. The fourth-order valence-electron chi connectivity index (χ4n) is 1.74. The van der Waals surface area contributed by atoms with E-state index in [1.165, 1.54) is 0 Å². The molecule has 0 amide bonds. The molecule has 3 aliphatic heterocycles. The topological polar surface area (TPSA) is 40.5 Å². The van der Waals surface area contributed by atoms with Gasteiger partial charge in [0.25, 0.3) is 0 Å². The molecule has 3 fully saturated rings. The zero-order valence-electron chi connectivity index (χ0n) is 5.08. The van der Waals surface area contributed by atoms with Crippen LogP contribution in [-0.2, 0) is 4.79 Å². The van der Waals surface area contributed by atoms with E-state index in [1.807, 2.05) is 4.90 Å². The second-order valence-corrected chi connectivity index (χ2v) is 2.91. The summed E-state index contributed by atoms with van der Waals surface area (Å²) in [7, 11) is 0. The van der Waals surface area contributed by atoms with E-state index in [0.717, 1.165) is 19.5 Å². The van der Waals surface area contributed by atoms with Crippen LogP contribution in [0.1, 0.15) is 6.42 Å². The third-order valence-electron chi connectivity index (χ3n) is 2.27. The summed E-state index contributed by atoms with van der Waals surface area (Å²) in [5, 5.41) is 8.57. The van der Waals surface area contributed by atoms with Crippen LogP contribution in [0, 0.1) is 5.92 Å². The quantitative estimate of drug-likeness (QED) is 0.529. The minimum atomic E-state index is -0.644. The fraction of sp³-hybridized carbons (Fsp3) is 0.833. The number of carboxylic acids is 1. The van der Waals surface area contributed by atoms with Crippen LogP contribution in [0.5, 0.6) is 0 Å². The Labute approximate surface area is 53.3 Å². The van der Waals surface area contributed by atoms with Crippen molar-refractivity contribution in [1.29, 1.82) is 0 Å². The van der Waals surface area contributed by atoms with Crippen LogP contribution in [0.4, 0.5) is 0 Å². The predicted molar refractivity (Wildman–Crippen MR) is 31.1 cm³/mol. The highest BCUT2D eigenvalue weighted by Gasteiger charge is 2.45. The molecule has 0 saturated carbocycles. The van der Waals surface area contributed by atoms with Crippen LogP contribution in [0.15, 0.2) is 0 Å². The SMILES string of the molecule is O=C(O)C1CC2CN1C2. The van der Waals surface area contributed by atoms with Crippen molar-refractivity contribution < 1.29 is 9.90 Å². The van der Waals surface area contributed by atoms with Gasteiger partial charge in [0.05, 0.1) is 0 Å². The summed E-state index contributed by atoms with van der Waals surface area (Å²) in [5.41, 5.74) is 0. The second-order valence-electron chi connectivity index (χ2n) is 2.91. The van der Waals surface area contributed by atoms with Gasteiger partial charge in [0.1, 0.15) is 6.04 Å². The summed E-state index contributed by atoms with van der Waals surface area (Å²) >= 11 is 0. The lowest BCUT2D eigenvalue weighted by molar-refractivity contribution is -0.141. The van der Waals surface area contributed by atoms with Gasteiger partial charge in [-0.05, 0) is 12.3 Å². The van der Waals surface area contributed by atoms with Crippen LogP contribution in [0.2, 0.25) is 0 Å². The van der Waals surface area contributed by atoms with Crippen molar-refractivity contribution >= 4 is 5.97 Å². The molecule has 1 N–H and O–H groups in total. The molecule has 3 aliphatic rings. The largest absolute Gasteiger partial charge is 0.480 e. The molecule has 0 radical (unpaired) electrons. The van der Waals surface area contributed by atoms with Crippen molar-refractivity contribution in [3.05, 3.63) is 0 Å². The second kappa shape index (κ2) is 1.48.